The highest BCUT2D eigenvalue weighted by molar-refractivity contribution is 6.10. The number of hydrogen-bond donors (Lipinski definition) is 0. The molecule has 1 aliphatic rings. The Morgan fingerprint density at radius 2 is 1.67 bits per heavy atom. The van der Waals surface area contributed by atoms with E-state index in [1.807, 2.05) is 61.5 Å². The lowest BCUT2D eigenvalue weighted by molar-refractivity contribution is 0.0971. The van der Waals surface area contributed by atoms with Gasteiger partial charge in [0, 0.05) is 5.69 Å². The summed E-state index contributed by atoms with van der Waals surface area (Å²) in [6.07, 6.45) is 0. The molecule has 1 aliphatic heterocycles. The Morgan fingerprint density at radius 1 is 0.897 bits per heavy atom. The van der Waals surface area contributed by atoms with Gasteiger partial charge in [-0.25, -0.2) is 4.39 Å². The highest BCUT2D eigenvalue weighted by atomic mass is 19.1. The number of fused-ring (bicyclic) bond motifs is 2. The molecule has 0 radical (unpaired) electrons. The Morgan fingerprint density at radius 3 is 2.41 bits per heavy atom. The SMILES string of the molecule is COc1cc(C2c3c(oc4ccc(F)cc4c3=O)C(=O)N2c2ccc(C)cc2)ccc1OCc1ccccc1. The molecule has 0 spiro atoms. The molecule has 6 nitrogen and oxygen atoms in total. The van der Waals surface area contributed by atoms with Crippen molar-refractivity contribution in [3.63, 3.8) is 0 Å². The van der Waals surface area contributed by atoms with E-state index >= 15 is 0 Å². The van der Waals surface area contributed by atoms with Crippen molar-refractivity contribution < 1.29 is 23.1 Å². The molecule has 0 saturated heterocycles. The molecule has 1 amide bonds. The number of methoxy groups -OCH3 is 1. The molecule has 1 atom stereocenters. The topological polar surface area (TPSA) is 69.0 Å². The average molecular weight is 522 g/mol. The van der Waals surface area contributed by atoms with Crippen molar-refractivity contribution in [3.05, 3.63) is 135 Å². The number of nitrogens with zero attached hydrogens (tertiary/aromatic N) is 1. The monoisotopic (exact) mass is 521 g/mol. The lowest BCUT2D eigenvalue weighted by atomic mass is 9.97. The molecule has 0 N–H and O–H groups in total. The van der Waals surface area contributed by atoms with Gasteiger partial charge in [0.15, 0.2) is 16.9 Å². The number of aryl methyl sites for hydroxylation is 1. The van der Waals surface area contributed by atoms with Gasteiger partial charge in [0.1, 0.15) is 18.0 Å². The van der Waals surface area contributed by atoms with Gasteiger partial charge in [-0.15, -0.1) is 0 Å². The summed E-state index contributed by atoms with van der Waals surface area (Å²) >= 11 is 0. The van der Waals surface area contributed by atoms with Crippen LogP contribution >= 0.6 is 0 Å². The van der Waals surface area contributed by atoms with Crippen LogP contribution in [0.1, 0.15) is 38.9 Å². The number of hydrogen-bond acceptors (Lipinski definition) is 5. The summed E-state index contributed by atoms with van der Waals surface area (Å²) in [5.41, 5.74) is 3.09. The van der Waals surface area contributed by atoms with Gasteiger partial charge >= 0.3 is 0 Å². The van der Waals surface area contributed by atoms with Crippen LogP contribution in [-0.4, -0.2) is 13.0 Å². The molecule has 1 unspecified atom stereocenters. The number of ether oxygens (including phenoxy) is 2. The fraction of sp³-hybridized carbons (Fsp3) is 0.125. The minimum Gasteiger partial charge on any atom is -0.493 e. The summed E-state index contributed by atoms with van der Waals surface area (Å²) in [6, 6.07) is 25.4. The third-order valence-electron chi connectivity index (χ3n) is 6.88. The van der Waals surface area contributed by atoms with Gasteiger partial charge in [-0.3, -0.25) is 14.5 Å². The van der Waals surface area contributed by atoms with Crippen LogP contribution in [0.3, 0.4) is 0 Å². The smallest absolute Gasteiger partial charge is 0.295 e. The van der Waals surface area contributed by atoms with Crippen LogP contribution in [0.25, 0.3) is 11.0 Å². The van der Waals surface area contributed by atoms with Gasteiger partial charge in [0.25, 0.3) is 5.91 Å². The second-order valence-electron chi connectivity index (χ2n) is 9.41. The van der Waals surface area contributed by atoms with E-state index < -0.39 is 23.2 Å². The van der Waals surface area contributed by atoms with Gasteiger partial charge in [0.05, 0.1) is 24.1 Å². The summed E-state index contributed by atoms with van der Waals surface area (Å²) in [5, 5.41) is 0.0760. The number of benzene rings is 4. The quantitative estimate of drug-likeness (QED) is 0.253. The third kappa shape index (κ3) is 4.32. The third-order valence-corrected chi connectivity index (χ3v) is 6.88. The van der Waals surface area contributed by atoms with E-state index in [2.05, 4.69) is 0 Å². The zero-order valence-corrected chi connectivity index (χ0v) is 21.3. The molecule has 6 rings (SSSR count). The molecule has 7 heteroatoms. The second-order valence-corrected chi connectivity index (χ2v) is 9.41. The summed E-state index contributed by atoms with van der Waals surface area (Å²) in [7, 11) is 1.53. The van der Waals surface area contributed by atoms with Crippen LogP contribution in [-0.2, 0) is 6.61 Å². The first-order chi connectivity index (χ1) is 18.9. The first-order valence-electron chi connectivity index (χ1n) is 12.5. The van der Waals surface area contributed by atoms with Crippen molar-refractivity contribution >= 4 is 22.6 Å². The van der Waals surface area contributed by atoms with E-state index in [4.69, 9.17) is 13.9 Å². The molecule has 194 valence electrons. The minimum atomic E-state index is -0.823. The lowest BCUT2D eigenvalue weighted by Gasteiger charge is -2.26. The standard InChI is InChI=1S/C32H24FNO5/c1-19-8-12-23(13-9-19)34-29(28-30(35)24-17-22(33)11-15-25(24)39-31(28)32(34)36)21-10-14-26(27(16-21)37-2)38-18-20-6-4-3-5-7-20/h3-17,29H,18H2,1-2H3. The van der Waals surface area contributed by atoms with Crippen molar-refractivity contribution in [2.24, 2.45) is 0 Å². The number of rotatable bonds is 6. The largest absolute Gasteiger partial charge is 0.493 e. The van der Waals surface area contributed by atoms with Crippen molar-refractivity contribution in [2.45, 2.75) is 19.6 Å². The highest BCUT2D eigenvalue weighted by Gasteiger charge is 2.44. The predicted molar refractivity (Wildman–Crippen MR) is 146 cm³/mol. The Kier molecular flexibility index (Phi) is 6.11. The van der Waals surface area contributed by atoms with Crippen LogP contribution in [0.2, 0.25) is 0 Å². The van der Waals surface area contributed by atoms with Crippen LogP contribution in [0.4, 0.5) is 10.1 Å². The molecule has 0 bridgehead atoms. The van der Waals surface area contributed by atoms with E-state index in [0.29, 0.717) is 29.4 Å². The van der Waals surface area contributed by atoms with E-state index in [1.165, 1.54) is 24.1 Å². The molecule has 1 aromatic heterocycles. The number of anilines is 1. The minimum absolute atomic E-state index is 0.0620. The lowest BCUT2D eigenvalue weighted by Crippen LogP contribution is -2.29. The van der Waals surface area contributed by atoms with Crippen molar-refractivity contribution in [3.8, 4) is 11.5 Å². The van der Waals surface area contributed by atoms with Gasteiger partial charge < -0.3 is 13.9 Å². The maximum absolute atomic E-state index is 14.1. The number of carbonyl (C=O) groups excluding carboxylic acids is 1. The zero-order valence-electron chi connectivity index (χ0n) is 21.3. The van der Waals surface area contributed by atoms with E-state index in [1.54, 1.807) is 18.2 Å². The molecule has 5 aromatic rings. The molecular weight excluding hydrogens is 497 g/mol. The molecule has 39 heavy (non-hydrogen) atoms. The first-order valence-corrected chi connectivity index (χ1v) is 12.5. The Labute approximate surface area is 223 Å². The molecule has 2 heterocycles. The zero-order chi connectivity index (χ0) is 27.1. The Hall–Kier alpha value is -4.91. The van der Waals surface area contributed by atoms with Crippen LogP contribution in [0.5, 0.6) is 11.5 Å². The summed E-state index contributed by atoms with van der Waals surface area (Å²) in [6.45, 7) is 2.30. The van der Waals surface area contributed by atoms with Gasteiger partial charge in [0.2, 0.25) is 5.76 Å². The first kappa shape index (κ1) is 24.4. The fourth-order valence-corrected chi connectivity index (χ4v) is 4.94. The van der Waals surface area contributed by atoms with Gasteiger partial charge in [-0.2, -0.15) is 0 Å². The van der Waals surface area contributed by atoms with Crippen LogP contribution < -0.4 is 19.8 Å². The molecule has 0 aliphatic carbocycles. The van der Waals surface area contributed by atoms with Crippen molar-refractivity contribution in [1.29, 1.82) is 0 Å². The number of carbonyl (C=O) groups is 1. The van der Waals surface area contributed by atoms with Gasteiger partial charge in [-0.05, 0) is 60.5 Å². The molecular formula is C32H24FNO5. The van der Waals surface area contributed by atoms with Crippen LogP contribution in [0.15, 0.2) is 100 Å². The number of amides is 1. The Balaban J connectivity index is 1.49. The van der Waals surface area contributed by atoms with Crippen LogP contribution in [0, 0.1) is 12.7 Å². The van der Waals surface area contributed by atoms with E-state index in [9.17, 15) is 14.0 Å². The maximum atomic E-state index is 14.1. The summed E-state index contributed by atoms with van der Waals surface area (Å²) < 4.78 is 31.7. The van der Waals surface area contributed by atoms with E-state index in [-0.39, 0.29) is 22.3 Å². The van der Waals surface area contributed by atoms with Gasteiger partial charge in [-0.1, -0.05) is 54.1 Å². The molecule has 0 saturated carbocycles. The maximum Gasteiger partial charge on any atom is 0.295 e. The highest BCUT2D eigenvalue weighted by Crippen LogP contribution is 2.43. The van der Waals surface area contributed by atoms with Crippen molar-refractivity contribution in [2.75, 3.05) is 12.0 Å². The summed E-state index contributed by atoms with van der Waals surface area (Å²) in [5.74, 6) is -0.111. The predicted octanol–water partition coefficient (Wildman–Crippen LogP) is 6.58. The average Bonchev–Trinajstić information content (AvgIpc) is 3.25. The summed E-state index contributed by atoms with van der Waals surface area (Å²) in [4.78, 5) is 29.1. The normalized spacial score (nSPS) is 14.5. The molecule has 0 fully saturated rings. The fourth-order valence-electron chi connectivity index (χ4n) is 4.94. The van der Waals surface area contributed by atoms with Crippen molar-refractivity contribution in [1.82, 2.24) is 0 Å². The number of halogens is 1. The Bertz CT molecular complexity index is 1760. The van der Waals surface area contributed by atoms with E-state index in [0.717, 1.165) is 17.2 Å². The molecule has 4 aromatic carbocycles. The second kappa shape index (κ2) is 9.76.